The lowest BCUT2D eigenvalue weighted by atomic mass is 9.94. The van der Waals surface area contributed by atoms with Crippen molar-refractivity contribution in [1.29, 1.82) is 0 Å². The summed E-state index contributed by atoms with van der Waals surface area (Å²) in [5.74, 6) is -0.585. The maximum Gasteiger partial charge on any atom is 0.338 e. The second-order valence-corrected chi connectivity index (χ2v) is 10.7. The summed E-state index contributed by atoms with van der Waals surface area (Å²) in [6.07, 6.45) is 4.99. The maximum absolute atomic E-state index is 14.6. The number of anilines is 1. The third-order valence-electron chi connectivity index (χ3n) is 7.86. The molecule has 3 aromatic carbocycles. The van der Waals surface area contributed by atoms with Crippen LogP contribution in [0.1, 0.15) is 74.0 Å². The van der Waals surface area contributed by atoms with Gasteiger partial charge in [-0.2, -0.15) is 0 Å². The molecule has 0 radical (unpaired) electrons. The third kappa shape index (κ3) is 6.53. The van der Waals surface area contributed by atoms with E-state index in [1.807, 2.05) is 24.3 Å². The summed E-state index contributed by atoms with van der Waals surface area (Å²) >= 11 is 0. The minimum Gasteiger partial charge on any atom is -0.497 e. The molecule has 1 N–H and O–H groups in total. The van der Waals surface area contributed by atoms with Gasteiger partial charge in [-0.1, -0.05) is 54.8 Å². The van der Waals surface area contributed by atoms with Gasteiger partial charge in [0.15, 0.2) is 0 Å². The molecule has 1 fully saturated rings. The number of carbonyl (C=O) groups excluding carboxylic acids is 3. The van der Waals surface area contributed by atoms with Crippen LogP contribution in [0, 0.1) is 0 Å². The molecule has 1 aromatic heterocycles. The first-order valence-electron chi connectivity index (χ1n) is 14.8. The Morgan fingerprint density at radius 1 is 1.00 bits per heavy atom. The van der Waals surface area contributed by atoms with Crippen LogP contribution in [0.5, 0.6) is 5.75 Å². The van der Waals surface area contributed by atoms with Gasteiger partial charge in [0.05, 0.1) is 24.8 Å². The number of para-hydroxylation sites is 1. The molecule has 1 aliphatic carbocycles. The molecule has 5 rings (SSSR count). The molecule has 1 heterocycles. The first kappa shape index (κ1) is 29.8. The minimum atomic E-state index is -1.05. The predicted molar refractivity (Wildman–Crippen MR) is 163 cm³/mol. The van der Waals surface area contributed by atoms with Crippen molar-refractivity contribution >= 4 is 34.5 Å². The number of esters is 1. The highest BCUT2D eigenvalue weighted by atomic mass is 16.5. The molecule has 0 bridgehead atoms. The number of carbonyl (C=O) groups is 3. The van der Waals surface area contributed by atoms with Crippen LogP contribution in [0.4, 0.5) is 5.69 Å². The van der Waals surface area contributed by atoms with E-state index >= 15 is 0 Å². The Kier molecular flexibility index (Phi) is 9.34. The normalized spacial score (nSPS) is 15.0. The molecule has 0 saturated heterocycles. The van der Waals surface area contributed by atoms with E-state index in [1.165, 1.54) is 4.90 Å². The number of ether oxygens (including phenoxy) is 2. The standard InChI is InChI=1S/C33H37N5O5/c1-4-43-33(41)24-11-10-14-26(21-24)37(32(40)22(2)38-29-16-9-8-15-28(29)35-36-38)30(23-17-19-27(42-3)20-18-23)31(39)34-25-12-6-5-7-13-25/h8-11,14-22,25,30H,4-7,12-13H2,1-3H3,(H,34,39). The van der Waals surface area contributed by atoms with Crippen molar-refractivity contribution in [3.05, 3.63) is 83.9 Å². The van der Waals surface area contributed by atoms with E-state index in [2.05, 4.69) is 15.6 Å². The largest absolute Gasteiger partial charge is 0.497 e. The molecule has 2 unspecified atom stereocenters. The smallest absolute Gasteiger partial charge is 0.338 e. The molecule has 0 spiro atoms. The quantitative estimate of drug-likeness (QED) is 0.249. The van der Waals surface area contributed by atoms with Crippen LogP contribution in [-0.4, -0.2) is 52.5 Å². The Bertz CT molecular complexity index is 1580. The fourth-order valence-electron chi connectivity index (χ4n) is 5.61. The zero-order valence-electron chi connectivity index (χ0n) is 24.7. The monoisotopic (exact) mass is 583 g/mol. The topological polar surface area (TPSA) is 116 Å². The number of fused-ring (bicyclic) bond motifs is 1. The number of methoxy groups -OCH3 is 1. The Balaban J connectivity index is 1.63. The average molecular weight is 584 g/mol. The number of rotatable bonds is 10. The van der Waals surface area contributed by atoms with Crippen molar-refractivity contribution in [2.24, 2.45) is 0 Å². The maximum atomic E-state index is 14.6. The summed E-state index contributed by atoms with van der Waals surface area (Å²) in [7, 11) is 1.57. The molecule has 1 saturated carbocycles. The summed E-state index contributed by atoms with van der Waals surface area (Å²) in [5.41, 5.74) is 2.60. The average Bonchev–Trinajstić information content (AvgIpc) is 3.48. The zero-order valence-corrected chi connectivity index (χ0v) is 24.7. The van der Waals surface area contributed by atoms with Crippen LogP contribution >= 0.6 is 0 Å². The molecule has 2 amide bonds. The highest BCUT2D eigenvalue weighted by molar-refractivity contribution is 6.04. The van der Waals surface area contributed by atoms with Crippen molar-refractivity contribution in [3.8, 4) is 5.75 Å². The van der Waals surface area contributed by atoms with Crippen LogP contribution in [0.3, 0.4) is 0 Å². The van der Waals surface area contributed by atoms with E-state index < -0.39 is 24.0 Å². The van der Waals surface area contributed by atoms with Crippen LogP contribution in [-0.2, 0) is 14.3 Å². The van der Waals surface area contributed by atoms with Crippen molar-refractivity contribution in [1.82, 2.24) is 20.3 Å². The summed E-state index contributed by atoms with van der Waals surface area (Å²) in [4.78, 5) is 43.1. The Morgan fingerprint density at radius 3 is 2.47 bits per heavy atom. The van der Waals surface area contributed by atoms with E-state index in [0.717, 1.165) is 32.1 Å². The zero-order chi connectivity index (χ0) is 30.3. The number of nitrogens with one attached hydrogen (secondary N) is 1. The van der Waals surface area contributed by atoms with E-state index in [9.17, 15) is 14.4 Å². The molecule has 10 heteroatoms. The molecule has 43 heavy (non-hydrogen) atoms. The van der Waals surface area contributed by atoms with Gasteiger partial charge in [-0.25, -0.2) is 9.48 Å². The van der Waals surface area contributed by atoms with Crippen molar-refractivity contribution < 1.29 is 23.9 Å². The fraction of sp³-hybridized carbons (Fsp3) is 0.364. The number of aromatic nitrogens is 3. The molecule has 4 aromatic rings. The summed E-state index contributed by atoms with van der Waals surface area (Å²) in [5, 5.41) is 11.7. The molecule has 0 aliphatic heterocycles. The van der Waals surface area contributed by atoms with Crippen LogP contribution in [0.15, 0.2) is 72.8 Å². The van der Waals surface area contributed by atoms with Gasteiger partial charge in [0.25, 0.3) is 5.91 Å². The second kappa shape index (κ2) is 13.5. The summed E-state index contributed by atoms with van der Waals surface area (Å²) in [6.45, 7) is 3.67. The minimum absolute atomic E-state index is 0.0153. The Hall–Kier alpha value is -4.73. The van der Waals surface area contributed by atoms with Gasteiger partial charge in [0, 0.05) is 11.7 Å². The lowest BCUT2D eigenvalue weighted by Crippen LogP contribution is -2.49. The number of benzene rings is 3. The van der Waals surface area contributed by atoms with Crippen LogP contribution in [0.25, 0.3) is 11.0 Å². The van der Waals surface area contributed by atoms with E-state index in [4.69, 9.17) is 9.47 Å². The van der Waals surface area contributed by atoms with E-state index in [-0.39, 0.29) is 24.1 Å². The lowest BCUT2D eigenvalue weighted by Gasteiger charge is -2.35. The number of amides is 2. The number of hydrogen-bond acceptors (Lipinski definition) is 7. The van der Waals surface area contributed by atoms with Gasteiger partial charge in [0.2, 0.25) is 5.91 Å². The molecular weight excluding hydrogens is 546 g/mol. The summed E-state index contributed by atoms with van der Waals surface area (Å²) < 4.78 is 12.2. The van der Waals surface area contributed by atoms with Crippen molar-refractivity contribution in [2.75, 3.05) is 18.6 Å². The van der Waals surface area contributed by atoms with Crippen molar-refractivity contribution in [2.45, 2.75) is 64.1 Å². The Labute approximate surface area is 251 Å². The van der Waals surface area contributed by atoms with E-state index in [1.54, 1.807) is 74.2 Å². The van der Waals surface area contributed by atoms with Crippen LogP contribution < -0.4 is 15.0 Å². The predicted octanol–water partition coefficient (Wildman–Crippen LogP) is 5.40. The molecule has 224 valence electrons. The van der Waals surface area contributed by atoms with Gasteiger partial charge in [-0.15, -0.1) is 5.10 Å². The first-order valence-corrected chi connectivity index (χ1v) is 14.8. The Morgan fingerprint density at radius 2 is 1.74 bits per heavy atom. The fourth-order valence-corrected chi connectivity index (χ4v) is 5.61. The summed E-state index contributed by atoms with van der Waals surface area (Å²) in [6, 6.07) is 19.3. The number of hydrogen-bond donors (Lipinski definition) is 1. The SMILES string of the molecule is CCOC(=O)c1cccc(N(C(=O)C(C)n2nnc3ccccc32)C(C(=O)NC2CCCCC2)c2ccc(OC)cc2)c1. The molecule has 2 atom stereocenters. The van der Waals surface area contributed by atoms with Crippen molar-refractivity contribution in [3.63, 3.8) is 0 Å². The third-order valence-corrected chi connectivity index (χ3v) is 7.86. The molecule has 10 nitrogen and oxygen atoms in total. The molecular formula is C33H37N5O5. The molecule has 1 aliphatic rings. The van der Waals surface area contributed by atoms with Gasteiger partial charge in [-0.05, 0) is 74.7 Å². The first-order chi connectivity index (χ1) is 20.9. The number of nitrogens with zero attached hydrogens (tertiary/aromatic N) is 4. The van der Waals surface area contributed by atoms with E-state index in [0.29, 0.717) is 28.0 Å². The second-order valence-electron chi connectivity index (χ2n) is 10.7. The van der Waals surface area contributed by atoms with Gasteiger partial charge in [-0.3, -0.25) is 14.5 Å². The highest BCUT2D eigenvalue weighted by Crippen LogP contribution is 2.33. The lowest BCUT2D eigenvalue weighted by molar-refractivity contribution is -0.128. The highest BCUT2D eigenvalue weighted by Gasteiger charge is 2.37. The van der Waals surface area contributed by atoms with Gasteiger partial charge in [0.1, 0.15) is 23.3 Å². The van der Waals surface area contributed by atoms with Crippen LogP contribution in [0.2, 0.25) is 0 Å². The van der Waals surface area contributed by atoms with Gasteiger partial charge < -0.3 is 14.8 Å². The van der Waals surface area contributed by atoms with Gasteiger partial charge >= 0.3 is 5.97 Å².